The number of rotatable bonds is 6. The summed E-state index contributed by atoms with van der Waals surface area (Å²) >= 11 is 6.41. The topological polar surface area (TPSA) is 85.3 Å². The van der Waals surface area contributed by atoms with E-state index in [0.29, 0.717) is 18.0 Å². The molecule has 0 saturated heterocycles. The first kappa shape index (κ1) is 22.4. The van der Waals surface area contributed by atoms with Gasteiger partial charge < -0.3 is 4.74 Å². The van der Waals surface area contributed by atoms with Gasteiger partial charge in [-0.1, -0.05) is 72.3 Å². The molecule has 168 valence electrons. The lowest BCUT2D eigenvalue weighted by molar-refractivity contribution is -0.128. The Hall–Kier alpha value is -3.84. The maximum atomic E-state index is 12.7. The van der Waals surface area contributed by atoms with Crippen molar-refractivity contribution in [3.8, 4) is 5.75 Å². The zero-order valence-corrected chi connectivity index (χ0v) is 19.0. The Morgan fingerprint density at radius 3 is 2.45 bits per heavy atom. The van der Waals surface area contributed by atoms with E-state index in [2.05, 4.69) is 16.0 Å². The van der Waals surface area contributed by atoms with Crippen molar-refractivity contribution in [1.29, 1.82) is 0 Å². The molecule has 8 heteroatoms. The molecule has 3 aromatic carbocycles. The Morgan fingerprint density at radius 2 is 1.70 bits per heavy atom. The highest BCUT2D eigenvalue weighted by atomic mass is 35.5. The Labute approximate surface area is 196 Å². The van der Waals surface area contributed by atoms with Crippen LogP contribution < -0.4 is 15.6 Å². The number of nitrogens with zero attached hydrogens (tertiary/aromatic N) is 2. The zero-order chi connectivity index (χ0) is 23.4. The van der Waals surface area contributed by atoms with Crippen molar-refractivity contribution in [2.24, 2.45) is 0 Å². The molecule has 7 nitrogen and oxygen atoms in total. The highest BCUT2D eigenvalue weighted by molar-refractivity contribution is 6.33. The average Bonchev–Trinajstić information content (AvgIpc) is 3.10. The second kappa shape index (κ2) is 9.75. The van der Waals surface area contributed by atoms with Crippen molar-refractivity contribution < 1.29 is 14.3 Å². The highest BCUT2D eigenvalue weighted by Crippen LogP contribution is 2.22. The number of ether oxygens (including phenoxy) is 1. The maximum absolute atomic E-state index is 12.7. The molecule has 0 spiro atoms. The molecule has 0 aliphatic carbocycles. The number of fused-ring (bicyclic) bond motifs is 1. The predicted octanol–water partition coefficient (Wildman–Crippen LogP) is 4.27. The first-order valence-corrected chi connectivity index (χ1v) is 10.8. The van der Waals surface area contributed by atoms with Gasteiger partial charge >= 0.3 is 0 Å². The van der Waals surface area contributed by atoms with Crippen LogP contribution in [0.5, 0.6) is 5.75 Å². The SMILES string of the molecule is Cc1nn(Cc2ccccc2)c(Cl)c1C(=O)NNC(=O)C(C)Oc1ccc2ccccc2c1. The fourth-order valence-corrected chi connectivity index (χ4v) is 3.77. The highest BCUT2D eigenvalue weighted by Gasteiger charge is 2.22. The summed E-state index contributed by atoms with van der Waals surface area (Å²) in [5.41, 5.74) is 6.46. The van der Waals surface area contributed by atoms with Crippen molar-refractivity contribution in [2.45, 2.75) is 26.5 Å². The van der Waals surface area contributed by atoms with E-state index in [0.717, 1.165) is 16.3 Å². The smallest absolute Gasteiger partial charge is 0.279 e. The summed E-state index contributed by atoms with van der Waals surface area (Å²) in [6.07, 6.45) is -0.830. The molecule has 0 bridgehead atoms. The largest absolute Gasteiger partial charge is 0.481 e. The first-order chi connectivity index (χ1) is 15.9. The van der Waals surface area contributed by atoms with E-state index in [1.807, 2.05) is 66.7 Å². The predicted molar refractivity (Wildman–Crippen MR) is 127 cm³/mol. The number of aryl methyl sites for hydroxylation is 1. The monoisotopic (exact) mass is 462 g/mol. The van der Waals surface area contributed by atoms with Crippen LogP contribution in [0, 0.1) is 6.92 Å². The molecule has 0 aliphatic rings. The van der Waals surface area contributed by atoms with Gasteiger partial charge in [-0.05, 0) is 42.3 Å². The van der Waals surface area contributed by atoms with Crippen LogP contribution in [0.25, 0.3) is 10.8 Å². The molecule has 1 aromatic heterocycles. The molecule has 2 N–H and O–H groups in total. The molecule has 0 radical (unpaired) electrons. The van der Waals surface area contributed by atoms with Gasteiger partial charge in [0.25, 0.3) is 11.8 Å². The quantitative estimate of drug-likeness (QED) is 0.419. The summed E-state index contributed by atoms with van der Waals surface area (Å²) in [7, 11) is 0. The van der Waals surface area contributed by atoms with Crippen LogP contribution in [-0.4, -0.2) is 27.7 Å². The summed E-state index contributed by atoms with van der Waals surface area (Å²) in [6, 6.07) is 23.1. The number of nitrogens with one attached hydrogen (secondary N) is 2. The molecule has 4 aromatic rings. The summed E-state index contributed by atoms with van der Waals surface area (Å²) in [4.78, 5) is 25.1. The maximum Gasteiger partial charge on any atom is 0.279 e. The minimum Gasteiger partial charge on any atom is -0.481 e. The fraction of sp³-hybridized carbons (Fsp3) is 0.160. The third-order valence-electron chi connectivity index (χ3n) is 5.17. The van der Waals surface area contributed by atoms with Gasteiger partial charge in [0.05, 0.1) is 12.2 Å². The minimum atomic E-state index is -0.830. The molecule has 1 unspecified atom stereocenters. The third-order valence-corrected chi connectivity index (χ3v) is 5.55. The van der Waals surface area contributed by atoms with Crippen LogP contribution >= 0.6 is 11.6 Å². The van der Waals surface area contributed by atoms with E-state index in [4.69, 9.17) is 16.3 Å². The van der Waals surface area contributed by atoms with Crippen molar-refractivity contribution in [1.82, 2.24) is 20.6 Å². The molecule has 0 fully saturated rings. The summed E-state index contributed by atoms with van der Waals surface area (Å²) in [6.45, 7) is 3.72. The number of aromatic nitrogens is 2. The van der Waals surface area contributed by atoms with Gasteiger partial charge in [0.1, 0.15) is 16.5 Å². The van der Waals surface area contributed by atoms with Crippen LogP contribution in [0.3, 0.4) is 0 Å². The number of benzene rings is 3. The Balaban J connectivity index is 1.37. The van der Waals surface area contributed by atoms with Gasteiger partial charge in [-0.25, -0.2) is 4.68 Å². The number of hydrogen-bond donors (Lipinski definition) is 2. The van der Waals surface area contributed by atoms with Crippen molar-refractivity contribution in [3.63, 3.8) is 0 Å². The summed E-state index contributed by atoms with van der Waals surface area (Å²) in [5.74, 6) is -0.492. The zero-order valence-electron chi connectivity index (χ0n) is 18.2. The van der Waals surface area contributed by atoms with E-state index < -0.39 is 17.9 Å². The second-order valence-electron chi connectivity index (χ2n) is 7.61. The van der Waals surface area contributed by atoms with Gasteiger partial charge in [-0.2, -0.15) is 5.10 Å². The molecule has 2 amide bonds. The number of halogens is 1. The van der Waals surface area contributed by atoms with Gasteiger partial charge in [-0.3, -0.25) is 20.4 Å². The van der Waals surface area contributed by atoms with Gasteiger partial charge in [0.2, 0.25) is 0 Å². The molecule has 1 heterocycles. The van der Waals surface area contributed by atoms with Gasteiger partial charge in [-0.15, -0.1) is 0 Å². The van der Waals surface area contributed by atoms with Crippen LogP contribution in [0.4, 0.5) is 0 Å². The third kappa shape index (κ3) is 5.15. The molecular formula is C25H23ClN4O3. The number of carbonyl (C=O) groups excluding carboxylic acids is 2. The Morgan fingerprint density at radius 1 is 1.00 bits per heavy atom. The molecule has 33 heavy (non-hydrogen) atoms. The van der Waals surface area contributed by atoms with E-state index in [1.165, 1.54) is 0 Å². The van der Waals surface area contributed by atoms with Crippen molar-refractivity contribution in [3.05, 3.63) is 94.8 Å². The lowest BCUT2D eigenvalue weighted by Crippen LogP contribution is -2.47. The van der Waals surface area contributed by atoms with Gasteiger partial charge in [0.15, 0.2) is 6.10 Å². The van der Waals surface area contributed by atoms with Crippen LogP contribution in [0.2, 0.25) is 5.15 Å². The van der Waals surface area contributed by atoms with Gasteiger partial charge in [0, 0.05) is 0 Å². The van der Waals surface area contributed by atoms with Crippen LogP contribution in [0.1, 0.15) is 28.5 Å². The summed E-state index contributed by atoms with van der Waals surface area (Å²) in [5, 5.41) is 6.64. The van der Waals surface area contributed by atoms with E-state index >= 15 is 0 Å². The van der Waals surface area contributed by atoms with Crippen LogP contribution in [0.15, 0.2) is 72.8 Å². The van der Waals surface area contributed by atoms with E-state index in [1.54, 1.807) is 24.6 Å². The van der Waals surface area contributed by atoms with Crippen molar-refractivity contribution >= 4 is 34.2 Å². The molecule has 4 rings (SSSR count). The lowest BCUT2D eigenvalue weighted by Gasteiger charge is -2.15. The average molecular weight is 463 g/mol. The molecular weight excluding hydrogens is 440 g/mol. The first-order valence-electron chi connectivity index (χ1n) is 10.4. The normalized spacial score (nSPS) is 11.7. The minimum absolute atomic E-state index is 0.198. The van der Waals surface area contributed by atoms with Crippen LogP contribution in [-0.2, 0) is 11.3 Å². The number of amides is 2. The van der Waals surface area contributed by atoms with E-state index in [9.17, 15) is 9.59 Å². The number of hydrogen-bond acceptors (Lipinski definition) is 4. The summed E-state index contributed by atoms with van der Waals surface area (Å²) < 4.78 is 7.28. The second-order valence-corrected chi connectivity index (χ2v) is 7.96. The fourth-order valence-electron chi connectivity index (χ4n) is 3.45. The Bertz CT molecular complexity index is 1300. The number of hydrazine groups is 1. The lowest BCUT2D eigenvalue weighted by atomic mass is 10.1. The molecule has 0 aliphatic heterocycles. The van der Waals surface area contributed by atoms with Crippen molar-refractivity contribution in [2.75, 3.05) is 0 Å². The molecule has 1 atom stereocenters. The Kier molecular flexibility index (Phi) is 6.60. The standard InChI is InChI=1S/C25H23ClN4O3/c1-16-22(23(26)30(29-16)15-18-8-4-3-5-9-18)25(32)28-27-24(31)17(2)33-21-13-12-19-10-6-7-11-20(19)14-21/h3-14,17H,15H2,1-2H3,(H,27,31)(H,28,32). The number of carbonyl (C=O) groups is 2. The van der Waals surface area contributed by atoms with E-state index in [-0.39, 0.29) is 10.7 Å². The molecule has 0 saturated carbocycles.